The molecule has 102 valence electrons. The summed E-state index contributed by atoms with van der Waals surface area (Å²) in [5, 5.41) is 2.99. The second-order valence-corrected chi connectivity index (χ2v) is 4.53. The first-order valence-corrected chi connectivity index (χ1v) is 5.67. The van der Waals surface area contributed by atoms with Gasteiger partial charge in [0.1, 0.15) is 0 Å². The van der Waals surface area contributed by atoms with Crippen LogP contribution in [0.25, 0.3) is 0 Å². The molecule has 0 heterocycles. The van der Waals surface area contributed by atoms with Crippen LogP contribution in [0.5, 0.6) is 0 Å². The Labute approximate surface area is 100 Å². The molecule has 0 bridgehead atoms. The third-order valence-electron chi connectivity index (χ3n) is 2.44. The highest BCUT2D eigenvalue weighted by Gasteiger charge is 2.26. The molecule has 0 saturated heterocycles. The van der Waals surface area contributed by atoms with Crippen LogP contribution in [0.4, 0.5) is 13.2 Å². The lowest BCUT2D eigenvalue weighted by Gasteiger charge is -2.22. The molecule has 0 saturated carbocycles. The van der Waals surface area contributed by atoms with Crippen molar-refractivity contribution in [2.75, 3.05) is 14.1 Å². The molecular formula is C11H21F3N2O. The Bertz CT molecular complexity index is 241. The summed E-state index contributed by atoms with van der Waals surface area (Å²) in [4.78, 5) is 13.0. The zero-order chi connectivity index (χ0) is 13.6. The second kappa shape index (κ2) is 6.83. The van der Waals surface area contributed by atoms with Gasteiger partial charge in [-0.3, -0.25) is 4.79 Å². The average Bonchev–Trinajstić information content (AvgIpc) is 2.13. The largest absolute Gasteiger partial charge is 0.389 e. The Kier molecular flexibility index (Phi) is 6.52. The maximum atomic E-state index is 11.9. The van der Waals surface area contributed by atoms with E-state index in [9.17, 15) is 18.0 Å². The molecule has 0 aliphatic heterocycles. The minimum atomic E-state index is -4.09. The summed E-state index contributed by atoms with van der Waals surface area (Å²) < 4.78 is 35.8. The van der Waals surface area contributed by atoms with Crippen molar-refractivity contribution in [2.24, 2.45) is 0 Å². The van der Waals surface area contributed by atoms with Gasteiger partial charge < -0.3 is 10.2 Å². The van der Waals surface area contributed by atoms with E-state index in [1.54, 1.807) is 27.9 Å². The van der Waals surface area contributed by atoms with E-state index in [1.807, 2.05) is 0 Å². The Morgan fingerprint density at radius 3 is 2.24 bits per heavy atom. The van der Waals surface area contributed by atoms with Crippen molar-refractivity contribution in [1.29, 1.82) is 0 Å². The summed E-state index contributed by atoms with van der Waals surface area (Å²) in [6, 6.07) is -0.470. The van der Waals surface area contributed by atoms with Crippen molar-refractivity contribution in [3.8, 4) is 0 Å². The van der Waals surface area contributed by atoms with Crippen LogP contribution in [-0.4, -0.2) is 43.2 Å². The molecule has 17 heavy (non-hydrogen) atoms. The molecule has 2 unspecified atom stereocenters. The van der Waals surface area contributed by atoms with Crippen molar-refractivity contribution in [3.63, 3.8) is 0 Å². The number of amides is 1. The average molecular weight is 254 g/mol. The van der Waals surface area contributed by atoms with E-state index >= 15 is 0 Å². The molecule has 0 spiro atoms. The highest BCUT2D eigenvalue weighted by Crippen LogP contribution is 2.22. The van der Waals surface area contributed by atoms with Gasteiger partial charge in [-0.1, -0.05) is 0 Å². The van der Waals surface area contributed by atoms with E-state index in [4.69, 9.17) is 0 Å². The van der Waals surface area contributed by atoms with Gasteiger partial charge in [0.25, 0.3) is 0 Å². The SMILES string of the molecule is CC(CCCC(F)(F)F)NC(C)C(=O)N(C)C. The monoisotopic (exact) mass is 254 g/mol. The van der Waals surface area contributed by atoms with E-state index in [-0.39, 0.29) is 24.4 Å². The van der Waals surface area contributed by atoms with E-state index in [0.29, 0.717) is 6.42 Å². The first-order chi connectivity index (χ1) is 7.63. The fraction of sp³-hybridized carbons (Fsp3) is 0.909. The highest BCUT2D eigenvalue weighted by atomic mass is 19.4. The molecule has 3 nitrogen and oxygen atoms in total. The minimum absolute atomic E-state index is 0.0762. The lowest BCUT2D eigenvalue weighted by Crippen LogP contribution is -2.45. The zero-order valence-electron chi connectivity index (χ0n) is 10.8. The van der Waals surface area contributed by atoms with Crippen LogP contribution in [0, 0.1) is 0 Å². The Hall–Kier alpha value is -0.780. The number of carbonyl (C=O) groups excluding carboxylic acids is 1. The van der Waals surface area contributed by atoms with Crippen molar-refractivity contribution in [2.45, 2.75) is 51.4 Å². The van der Waals surface area contributed by atoms with E-state index < -0.39 is 12.6 Å². The molecule has 1 N–H and O–H groups in total. The van der Waals surface area contributed by atoms with Crippen molar-refractivity contribution >= 4 is 5.91 Å². The van der Waals surface area contributed by atoms with E-state index in [1.165, 1.54) is 4.90 Å². The van der Waals surface area contributed by atoms with Crippen molar-refractivity contribution in [3.05, 3.63) is 0 Å². The van der Waals surface area contributed by atoms with Crippen molar-refractivity contribution < 1.29 is 18.0 Å². The molecule has 0 aromatic rings. The predicted molar refractivity (Wildman–Crippen MR) is 60.7 cm³/mol. The Morgan fingerprint density at radius 2 is 1.82 bits per heavy atom. The third kappa shape index (κ3) is 8.01. The summed E-state index contributed by atoms with van der Waals surface area (Å²) in [5.41, 5.74) is 0. The molecule has 6 heteroatoms. The van der Waals surface area contributed by atoms with Crippen LogP contribution in [0.15, 0.2) is 0 Å². The normalized spacial score (nSPS) is 15.5. The number of hydrogen-bond acceptors (Lipinski definition) is 2. The van der Waals surface area contributed by atoms with Crippen molar-refractivity contribution in [1.82, 2.24) is 10.2 Å². The molecule has 0 rings (SSSR count). The van der Waals surface area contributed by atoms with E-state index in [0.717, 1.165) is 0 Å². The van der Waals surface area contributed by atoms with E-state index in [2.05, 4.69) is 5.32 Å². The summed E-state index contributed by atoms with van der Waals surface area (Å²) in [6.45, 7) is 3.50. The van der Waals surface area contributed by atoms with Gasteiger partial charge in [-0.2, -0.15) is 13.2 Å². The fourth-order valence-electron chi connectivity index (χ4n) is 1.58. The van der Waals surface area contributed by atoms with Crippen LogP contribution < -0.4 is 5.32 Å². The molecule has 0 aliphatic carbocycles. The summed E-state index contributed by atoms with van der Waals surface area (Å²) in [5.74, 6) is -0.0762. The highest BCUT2D eigenvalue weighted by molar-refractivity contribution is 5.80. The summed E-state index contributed by atoms with van der Waals surface area (Å²) in [7, 11) is 3.30. The van der Waals surface area contributed by atoms with Gasteiger partial charge in [0.05, 0.1) is 6.04 Å². The van der Waals surface area contributed by atoms with Gasteiger partial charge in [-0.05, 0) is 26.7 Å². The zero-order valence-corrected chi connectivity index (χ0v) is 10.8. The summed E-state index contributed by atoms with van der Waals surface area (Å²) >= 11 is 0. The molecule has 1 amide bonds. The van der Waals surface area contributed by atoms with Crippen LogP contribution in [0.1, 0.15) is 33.1 Å². The van der Waals surface area contributed by atoms with Gasteiger partial charge in [-0.15, -0.1) is 0 Å². The number of carbonyl (C=O) groups is 1. The van der Waals surface area contributed by atoms with Gasteiger partial charge in [-0.25, -0.2) is 0 Å². The fourth-order valence-corrected chi connectivity index (χ4v) is 1.58. The molecule has 0 aromatic heterocycles. The quantitative estimate of drug-likeness (QED) is 0.788. The van der Waals surface area contributed by atoms with Gasteiger partial charge in [0.15, 0.2) is 0 Å². The van der Waals surface area contributed by atoms with Gasteiger partial charge in [0.2, 0.25) is 5.91 Å². The van der Waals surface area contributed by atoms with Crippen LogP contribution >= 0.6 is 0 Å². The minimum Gasteiger partial charge on any atom is -0.347 e. The number of alkyl halides is 3. The van der Waals surface area contributed by atoms with Gasteiger partial charge >= 0.3 is 6.18 Å². The first-order valence-electron chi connectivity index (χ1n) is 5.67. The molecule has 2 atom stereocenters. The maximum absolute atomic E-state index is 11.9. The Morgan fingerprint density at radius 1 is 1.29 bits per heavy atom. The number of halogens is 3. The van der Waals surface area contributed by atoms with Gasteiger partial charge in [0, 0.05) is 26.6 Å². The van der Waals surface area contributed by atoms with Crippen LogP contribution in [-0.2, 0) is 4.79 Å². The number of nitrogens with zero attached hydrogens (tertiary/aromatic N) is 1. The number of hydrogen-bond donors (Lipinski definition) is 1. The number of nitrogens with one attached hydrogen (secondary N) is 1. The smallest absolute Gasteiger partial charge is 0.347 e. The second-order valence-electron chi connectivity index (χ2n) is 4.53. The maximum Gasteiger partial charge on any atom is 0.389 e. The lowest BCUT2D eigenvalue weighted by atomic mass is 10.1. The predicted octanol–water partition coefficient (Wildman–Crippen LogP) is 2.17. The Balaban J connectivity index is 3.86. The topological polar surface area (TPSA) is 32.3 Å². The molecule has 0 radical (unpaired) electrons. The number of rotatable bonds is 6. The standard InChI is InChI=1S/C11H21F3N2O/c1-8(6-5-7-11(12,13)14)15-9(2)10(17)16(3)4/h8-9,15H,5-7H2,1-4H3. The third-order valence-corrected chi connectivity index (χ3v) is 2.44. The lowest BCUT2D eigenvalue weighted by molar-refractivity contribution is -0.136. The first kappa shape index (κ1) is 16.2. The molecular weight excluding hydrogens is 233 g/mol. The molecule has 0 fully saturated rings. The molecule has 0 aromatic carbocycles. The van der Waals surface area contributed by atoms with Crippen LogP contribution in [0.3, 0.4) is 0 Å². The number of likely N-dealkylation sites (N-methyl/N-ethyl adjacent to an activating group) is 1. The molecule has 0 aliphatic rings. The summed E-state index contributed by atoms with van der Waals surface area (Å²) in [6.07, 6.45) is -4.37. The van der Waals surface area contributed by atoms with Crippen LogP contribution in [0.2, 0.25) is 0 Å².